The van der Waals surface area contributed by atoms with E-state index < -0.39 is 0 Å². The number of H-pyrrole nitrogens is 1. The summed E-state index contributed by atoms with van der Waals surface area (Å²) < 4.78 is 0. The zero-order chi connectivity index (χ0) is 11.5. The molecule has 0 fully saturated rings. The van der Waals surface area contributed by atoms with Crippen molar-refractivity contribution in [1.29, 1.82) is 0 Å². The fraction of sp³-hybridized carbons (Fsp3) is 0.111. The molecular formula is C9H6Cl3N3S. The van der Waals surface area contributed by atoms with Crippen LogP contribution in [0.4, 0.5) is 0 Å². The van der Waals surface area contributed by atoms with Gasteiger partial charge in [-0.3, -0.25) is 5.10 Å². The summed E-state index contributed by atoms with van der Waals surface area (Å²) in [5, 5.41) is 8.58. The summed E-state index contributed by atoms with van der Waals surface area (Å²) in [6.07, 6.45) is 1.46. The number of thioether (sulfide) groups is 1. The number of hydrogen-bond acceptors (Lipinski definition) is 3. The van der Waals surface area contributed by atoms with Gasteiger partial charge in [-0.1, -0.05) is 52.6 Å². The van der Waals surface area contributed by atoms with E-state index in [0.717, 1.165) is 10.7 Å². The molecule has 0 spiro atoms. The molecule has 1 aromatic carbocycles. The number of hydrogen-bond donors (Lipinski definition) is 1. The molecule has 0 unspecified atom stereocenters. The van der Waals surface area contributed by atoms with Gasteiger partial charge in [-0.15, -0.1) is 0 Å². The molecule has 0 saturated heterocycles. The van der Waals surface area contributed by atoms with E-state index in [-0.39, 0.29) is 0 Å². The second-order valence-corrected chi connectivity index (χ2v) is 5.04. The van der Waals surface area contributed by atoms with Crippen molar-refractivity contribution >= 4 is 46.6 Å². The monoisotopic (exact) mass is 293 g/mol. The molecule has 0 saturated carbocycles. The van der Waals surface area contributed by atoms with E-state index in [4.69, 9.17) is 34.8 Å². The average molecular weight is 295 g/mol. The van der Waals surface area contributed by atoms with Crippen molar-refractivity contribution in [2.45, 2.75) is 10.9 Å². The van der Waals surface area contributed by atoms with Gasteiger partial charge in [0, 0.05) is 5.75 Å². The lowest BCUT2D eigenvalue weighted by molar-refractivity contribution is 0.973. The first-order chi connectivity index (χ1) is 7.68. The summed E-state index contributed by atoms with van der Waals surface area (Å²) in [6, 6.07) is 3.58. The fourth-order valence-electron chi connectivity index (χ4n) is 1.09. The Hall–Kier alpha value is -0.420. The molecule has 1 N–H and O–H groups in total. The number of aromatic nitrogens is 3. The van der Waals surface area contributed by atoms with Gasteiger partial charge in [0.25, 0.3) is 0 Å². The second kappa shape index (κ2) is 5.27. The first-order valence-electron chi connectivity index (χ1n) is 4.29. The third-order valence-electron chi connectivity index (χ3n) is 1.87. The number of halogens is 3. The largest absolute Gasteiger partial charge is 0.254 e. The first kappa shape index (κ1) is 12.0. The van der Waals surface area contributed by atoms with Crippen LogP contribution < -0.4 is 0 Å². The maximum atomic E-state index is 6.06. The molecule has 1 aromatic heterocycles. The van der Waals surface area contributed by atoms with Gasteiger partial charge < -0.3 is 0 Å². The lowest BCUT2D eigenvalue weighted by atomic mass is 10.2. The summed E-state index contributed by atoms with van der Waals surface area (Å²) in [6.45, 7) is 0. The molecule has 0 aliphatic rings. The Morgan fingerprint density at radius 3 is 2.69 bits per heavy atom. The van der Waals surface area contributed by atoms with E-state index >= 15 is 0 Å². The quantitative estimate of drug-likeness (QED) is 0.685. The van der Waals surface area contributed by atoms with Crippen LogP contribution in [0.1, 0.15) is 5.56 Å². The van der Waals surface area contributed by atoms with E-state index in [1.165, 1.54) is 18.1 Å². The highest BCUT2D eigenvalue weighted by atomic mass is 35.5. The Balaban J connectivity index is 2.13. The lowest BCUT2D eigenvalue weighted by Gasteiger charge is -2.05. The fourth-order valence-corrected chi connectivity index (χ4v) is 2.56. The van der Waals surface area contributed by atoms with E-state index in [9.17, 15) is 0 Å². The van der Waals surface area contributed by atoms with Crippen molar-refractivity contribution in [2.75, 3.05) is 0 Å². The Bertz CT molecular complexity index is 487. The van der Waals surface area contributed by atoms with Crippen LogP contribution >= 0.6 is 46.6 Å². The predicted octanol–water partition coefficient (Wildman–Crippen LogP) is 4.06. The summed E-state index contributed by atoms with van der Waals surface area (Å²) in [7, 11) is 0. The van der Waals surface area contributed by atoms with Crippen LogP contribution in [-0.2, 0) is 5.75 Å². The molecule has 3 nitrogen and oxygen atoms in total. The molecule has 0 bridgehead atoms. The molecule has 0 aliphatic heterocycles. The third-order valence-corrected chi connectivity index (χ3v) is 4.13. The van der Waals surface area contributed by atoms with Gasteiger partial charge in [0.1, 0.15) is 6.33 Å². The summed E-state index contributed by atoms with van der Waals surface area (Å²) in [5.41, 5.74) is 0.914. The van der Waals surface area contributed by atoms with Crippen LogP contribution in [0.15, 0.2) is 23.6 Å². The summed E-state index contributed by atoms with van der Waals surface area (Å²) >= 11 is 19.3. The molecule has 16 heavy (non-hydrogen) atoms. The van der Waals surface area contributed by atoms with Gasteiger partial charge in [0.05, 0.1) is 15.1 Å². The molecule has 0 atom stereocenters. The number of nitrogens with zero attached hydrogens (tertiary/aromatic N) is 2. The van der Waals surface area contributed by atoms with Gasteiger partial charge in [-0.05, 0) is 11.6 Å². The van der Waals surface area contributed by atoms with Gasteiger partial charge in [-0.25, -0.2) is 4.98 Å². The van der Waals surface area contributed by atoms with Crippen LogP contribution in [0.5, 0.6) is 0 Å². The highest BCUT2D eigenvalue weighted by Crippen LogP contribution is 2.34. The molecule has 2 rings (SSSR count). The molecule has 0 aliphatic carbocycles. The van der Waals surface area contributed by atoms with Crippen LogP contribution in [0.2, 0.25) is 15.1 Å². The molecule has 1 heterocycles. The summed E-state index contributed by atoms with van der Waals surface area (Å²) in [5.74, 6) is 0.658. The van der Waals surface area contributed by atoms with Crippen LogP contribution in [0.3, 0.4) is 0 Å². The minimum absolute atomic E-state index is 0.388. The normalized spacial score (nSPS) is 10.7. The Morgan fingerprint density at radius 2 is 2.00 bits per heavy atom. The minimum atomic E-state index is 0.388. The van der Waals surface area contributed by atoms with E-state index in [1.54, 1.807) is 6.07 Å². The maximum absolute atomic E-state index is 6.06. The standard InChI is InChI=1S/C9H6Cl3N3S/c10-6-2-1-5(7(11)8(6)12)3-16-9-13-4-14-15-9/h1-2,4H,3H2,(H,13,14,15). The van der Waals surface area contributed by atoms with E-state index in [0.29, 0.717) is 20.8 Å². The number of nitrogens with one attached hydrogen (secondary N) is 1. The average Bonchev–Trinajstić information content (AvgIpc) is 2.78. The molecular weight excluding hydrogens is 289 g/mol. The van der Waals surface area contributed by atoms with Gasteiger partial charge in [0.2, 0.25) is 0 Å². The maximum Gasteiger partial charge on any atom is 0.183 e. The van der Waals surface area contributed by atoms with Crippen molar-refractivity contribution in [3.8, 4) is 0 Å². The number of aromatic amines is 1. The van der Waals surface area contributed by atoms with E-state index in [1.807, 2.05) is 6.07 Å². The topological polar surface area (TPSA) is 41.6 Å². The van der Waals surface area contributed by atoms with E-state index in [2.05, 4.69) is 15.2 Å². The van der Waals surface area contributed by atoms with Crippen LogP contribution in [0.25, 0.3) is 0 Å². The van der Waals surface area contributed by atoms with Crippen molar-refractivity contribution in [2.24, 2.45) is 0 Å². The van der Waals surface area contributed by atoms with Gasteiger partial charge in [0.15, 0.2) is 5.16 Å². The predicted molar refractivity (Wildman–Crippen MR) is 67.4 cm³/mol. The number of benzene rings is 1. The Labute approximate surface area is 112 Å². The molecule has 2 aromatic rings. The smallest absolute Gasteiger partial charge is 0.183 e. The van der Waals surface area contributed by atoms with Gasteiger partial charge >= 0.3 is 0 Å². The molecule has 84 valence electrons. The highest BCUT2D eigenvalue weighted by Gasteiger charge is 2.09. The number of rotatable bonds is 3. The Kier molecular flexibility index (Phi) is 3.97. The zero-order valence-electron chi connectivity index (χ0n) is 7.88. The first-order valence-corrected chi connectivity index (χ1v) is 6.41. The summed E-state index contributed by atoms with van der Waals surface area (Å²) in [4.78, 5) is 4.00. The Morgan fingerprint density at radius 1 is 1.19 bits per heavy atom. The molecule has 0 radical (unpaired) electrons. The second-order valence-electron chi connectivity index (χ2n) is 2.91. The third kappa shape index (κ3) is 2.63. The minimum Gasteiger partial charge on any atom is -0.254 e. The lowest BCUT2D eigenvalue weighted by Crippen LogP contribution is -1.85. The molecule has 0 amide bonds. The van der Waals surface area contributed by atoms with Crippen molar-refractivity contribution < 1.29 is 0 Å². The van der Waals surface area contributed by atoms with Crippen LogP contribution in [-0.4, -0.2) is 15.2 Å². The zero-order valence-corrected chi connectivity index (χ0v) is 11.0. The molecule has 7 heteroatoms. The van der Waals surface area contributed by atoms with Crippen molar-refractivity contribution in [3.05, 3.63) is 39.1 Å². The SMILES string of the molecule is Clc1ccc(CSc2ncn[nH]2)c(Cl)c1Cl. The van der Waals surface area contributed by atoms with Crippen LogP contribution in [0, 0.1) is 0 Å². The van der Waals surface area contributed by atoms with Crippen molar-refractivity contribution in [3.63, 3.8) is 0 Å². The van der Waals surface area contributed by atoms with Crippen molar-refractivity contribution in [1.82, 2.24) is 15.2 Å². The van der Waals surface area contributed by atoms with Gasteiger partial charge in [-0.2, -0.15) is 5.10 Å². The highest BCUT2D eigenvalue weighted by molar-refractivity contribution is 7.98.